The molecule has 0 aromatic heterocycles. The molecule has 1 heterocycles. The molecule has 0 unspecified atom stereocenters. The molecule has 0 aliphatic carbocycles. The summed E-state index contributed by atoms with van der Waals surface area (Å²) >= 11 is 0. The summed E-state index contributed by atoms with van der Waals surface area (Å²) < 4.78 is 10.3. The molecule has 0 spiro atoms. The van der Waals surface area contributed by atoms with Gasteiger partial charge in [-0.1, -0.05) is 0 Å². The Bertz CT molecular complexity index is 539. The largest absolute Gasteiger partial charge is 0.494 e. The van der Waals surface area contributed by atoms with Crippen molar-refractivity contribution < 1.29 is 19.1 Å². The zero-order valence-electron chi connectivity index (χ0n) is 14.2. The maximum absolute atomic E-state index is 12.1. The minimum absolute atomic E-state index is 0.0541. The van der Waals surface area contributed by atoms with E-state index in [0.29, 0.717) is 32.0 Å². The van der Waals surface area contributed by atoms with Gasteiger partial charge in [-0.05, 0) is 51.0 Å². The van der Waals surface area contributed by atoms with Crippen LogP contribution in [0.5, 0.6) is 5.75 Å². The van der Waals surface area contributed by atoms with E-state index in [2.05, 4.69) is 10.6 Å². The van der Waals surface area contributed by atoms with Crippen molar-refractivity contribution in [2.24, 2.45) is 0 Å². The Labute approximate surface area is 142 Å². The Morgan fingerprint density at radius 3 is 2.38 bits per heavy atom. The lowest BCUT2D eigenvalue weighted by atomic mass is 10.1. The van der Waals surface area contributed by atoms with Crippen LogP contribution in [0.4, 0.5) is 15.3 Å². The maximum Gasteiger partial charge on any atom is 0.409 e. The molecule has 2 N–H and O–H groups in total. The highest BCUT2D eigenvalue weighted by Gasteiger charge is 2.24. The van der Waals surface area contributed by atoms with Gasteiger partial charge in [0, 0.05) is 24.8 Å². The summed E-state index contributed by atoms with van der Waals surface area (Å²) in [6.07, 6.45) is 1.15. The molecule has 1 aromatic rings. The first-order chi connectivity index (χ1) is 11.6. The third-order valence-corrected chi connectivity index (χ3v) is 3.78. The number of hydrogen-bond donors (Lipinski definition) is 2. The van der Waals surface area contributed by atoms with Crippen molar-refractivity contribution in [2.45, 2.75) is 32.7 Å². The highest BCUT2D eigenvalue weighted by atomic mass is 16.6. The van der Waals surface area contributed by atoms with E-state index in [1.54, 1.807) is 24.0 Å². The van der Waals surface area contributed by atoms with Gasteiger partial charge in [0.15, 0.2) is 0 Å². The Kier molecular flexibility index (Phi) is 6.72. The van der Waals surface area contributed by atoms with Crippen LogP contribution in [0.1, 0.15) is 26.7 Å². The second-order valence-electron chi connectivity index (χ2n) is 5.52. The van der Waals surface area contributed by atoms with Gasteiger partial charge in [-0.25, -0.2) is 9.59 Å². The maximum atomic E-state index is 12.1. The van der Waals surface area contributed by atoms with Crippen LogP contribution in [-0.2, 0) is 4.74 Å². The third kappa shape index (κ3) is 5.33. The van der Waals surface area contributed by atoms with Gasteiger partial charge < -0.3 is 25.0 Å². The van der Waals surface area contributed by atoms with Crippen LogP contribution in [0.25, 0.3) is 0 Å². The van der Waals surface area contributed by atoms with E-state index in [0.717, 1.165) is 18.6 Å². The molecular weight excluding hydrogens is 310 g/mol. The summed E-state index contributed by atoms with van der Waals surface area (Å²) in [6.45, 7) is 5.88. The minimum atomic E-state index is -0.283. The lowest BCUT2D eigenvalue weighted by Crippen LogP contribution is -2.47. The van der Waals surface area contributed by atoms with Gasteiger partial charge in [0.1, 0.15) is 5.75 Å². The molecule has 0 bridgehead atoms. The number of nitrogens with one attached hydrogen (secondary N) is 2. The number of urea groups is 1. The van der Waals surface area contributed by atoms with Crippen molar-refractivity contribution in [3.8, 4) is 5.75 Å². The molecule has 7 nitrogen and oxygen atoms in total. The highest BCUT2D eigenvalue weighted by Crippen LogP contribution is 2.16. The van der Waals surface area contributed by atoms with Crippen LogP contribution >= 0.6 is 0 Å². The molecule has 1 aliphatic rings. The molecule has 24 heavy (non-hydrogen) atoms. The molecule has 1 aromatic carbocycles. The summed E-state index contributed by atoms with van der Waals surface area (Å²) in [7, 11) is 0. The molecule has 2 rings (SSSR count). The second kappa shape index (κ2) is 9.00. The average molecular weight is 335 g/mol. The zero-order valence-corrected chi connectivity index (χ0v) is 14.2. The number of nitrogens with zero attached hydrogens (tertiary/aromatic N) is 1. The average Bonchev–Trinajstić information content (AvgIpc) is 2.58. The third-order valence-electron chi connectivity index (χ3n) is 3.78. The van der Waals surface area contributed by atoms with Gasteiger partial charge in [0.2, 0.25) is 0 Å². The molecular formula is C17H25N3O4. The number of carbonyl (C=O) groups is 2. The summed E-state index contributed by atoms with van der Waals surface area (Å²) in [5, 5.41) is 5.74. The number of anilines is 1. The first-order valence-corrected chi connectivity index (χ1v) is 8.34. The predicted octanol–water partition coefficient (Wildman–Crippen LogP) is 2.83. The lowest BCUT2D eigenvalue weighted by Gasteiger charge is -2.31. The Balaban J connectivity index is 1.74. The van der Waals surface area contributed by atoms with Crippen LogP contribution in [0.15, 0.2) is 24.3 Å². The van der Waals surface area contributed by atoms with Gasteiger partial charge in [0.05, 0.1) is 13.2 Å². The number of hydrogen-bond acceptors (Lipinski definition) is 4. The molecule has 1 aliphatic heterocycles. The van der Waals surface area contributed by atoms with Crippen LogP contribution in [0, 0.1) is 0 Å². The van der Waals surface area contributed by atoms with E-state index in [1.807, 2.05) is 19.1 Å². The molecule has 0 atom stereocenters. The topological polar surface area (TPSA) is 79.9 Å². The number of likely N-dealkylation sites (tertiary alicyclic amines) is 1. The van der Waals surface area contributed by atoms with Gasteiger partial charge in [-0.2, -0.15) is 0 Å². The van der Waals surface area contributed by atoms with Crippen LogP contribution in [0.3, 0.4) is 0 Å². The molecule has 3 amide bonds. The first-order valence-electron chi connectivity index (χ1n) is 8.34. The van der Waals surface area contributed by atoms with Crippen LogP contribution in [0.2, 0.25) is 0 Å². The summed E-state index contributed by atoms with van der Waals surface area (Å²) in [6, 6.07) is 7.04. The minimum Gasteiger partial charge on any atom is -0.494 e. The van der Waals surface area contributed by atoms with Crippen LogP contribution < -0.4 is 15.4 Å². The van der Waals surface area contributed by atoms with Crippen molar-refractivity contribution in [3.05, 3.63) is 24.3 Å². The molecule has 7 heteroatoms. The number of piperidine rings is 1. The fourth-order valence-corrected chi connectivity index (χ4v) is 2.57. The van der Waals surface area contributed by atoms with Gasteiger partial charge >= 0.3 is 12.1 Å². The second-order valence-corrected chi connectivity index (χ2v) is 5.52. The number of benzene rings is 1. The standard InChI is InChI=1S/C17H25N3O4/c1-3-23-15-7-5-13(6-8-15)18-16(21)19-14-9-11-20(12-10-14)17(22)24-4-2/h5-8,14H,3-4,9-12H2,1-2H3,(H2,18,19,21). The van der Waals surface area contributed by atoms with Gasteiger partial charge in [-0.3, -0.25) is 0 Å². The molecule has 0 saturated carbocycles. The van der Waals surface area contributed by atoms with Crippen LogP contribution in [-0.4, -0.2) is 49.4 Å². The Morgan fingerprint density at radius 1 is 1.12 bits per heavy atom. The number of amides is 3. The van der Waals surface area contributed by atoms with Gasteiger partial charge in [0.25, 0.3) is 0 Å². The molecule has 1 fully saturated rings. The fourth-order valence-electron chi connectivity index (χ4n) is 2.57. The van der Waals surface area contributed by atoms with E-state index in [9.17, 15) is 9.59 Å². The van der Waals surface area contributed by atoms with E-state index in [-0.39, 0.29) is 18.2 Å². The van der Waals surface area contributed by atoms with Gasteiger partial charge in [-0.15, -0.1) is 0 Å². The van der Waals surface area contributed by atoms with Crippen molar-refractivity contribution in [1.82, 2.24) is 10.2 Å². The normalized spacial score (nSPS) is 14.8. The summed E-state index contributed by atoms with van der Waals surface area (Å²) in [5.41, 5.74) is 0.708. The van der Waals surface area contributed by atoms with Crippen molar-refractivity contribution in [2.75, 3.05) is 31.6 Å². The Morgan fingerprint density at radius 2 is 1.79 bits per heavy atom. The predicted molar refractivity (Wildman–Crippen MR) is 91.4 cm³/mol. The molecule has 0 radical (unpaired) electrons. The smallest absolute Gasteiger partial charge is 0.409 e. The van der Waals surface area contributed by atoms with Crippen molar-refractivity contribution in [1.29, 1.82) is 0 Å². The summed E-state index contributed by atoms with van der Waals surface area (Å²) in [5.74, 6) is 0.773. The Hall–Kier alpha value is -2.44. The zero-order chi connectivity index (χ0) is 17.4. The first kappa shape index (κ1) is 17.9. The number of ether oxygens (including phenoxy) is 2. The quantitative estimate of drug-likeness (QED) is 0.867. The van der Waals surface area contributed by atoms with E-state index >= 15 is 0 Å². The van der Waals surface area contributed by atoms with Crippen molar-refractivity contribution in [3.63, 3.8) is 0 Å². The van der Waals surface area contributed by atoms with Crippen molar-refractivity contribution >= 4 is 17.8 Å². The summed E-state index contributed by atoms with van der Waals surface area (Å²) in [4.78, 5) is 25.4. The molecule has 132 valence electrons. The monoisotopic (exact) mass is 335 g/mol. The van der Waals surface area contributed by atoms with E-state index in [1.165, 1.54) is 0 Å². The number of carbonyl (C=O) groups excluding carboxylic acids is 2. The van der Waals surface area contributed by atoms with E-state index < -0.39 is 0 Å². The molecule has 1 saturated heterocycles. The highest BCUT2D eigenvalue weighted by molar-refractivity contribution is 5.89. The lowest BCUT2D eigenvalue weighted by molar-refractivity contribution is 0.0959. The number of rotatable bonds is 5. The SMILES string of the molecule is CCOC(=O)N1CCC(NC(=O)Nc2ccc(OCC)cc2)CC1. The van der Waals surface area contributed by atoms with E-state index in [4.69, 9.17) is 9.47 Å². The fraction of sp³-hybridized carbons (Fsp3) is 0.529.